The molecule has 0 radical (unpaired) electrons. The summed E-state index contributed by atoms with van der Waals surface area (Å²) in [6.07, 6.45) is 0. The summed E-state index contributed by atoms with van der Waals surface area (Å²) in [7, 11) is 0. The number of para-hydroxylation sites is 4. The van der Waals surface area contributed by atoms with E-state index in [0.29, 0.717) is 0 Å². The number of nitrogens with zero attached hydrogens (tertiary/aromatic N) is 1. The number of hydrogen-bond donors (Lipinski definition) is 0. The highest BCUT2D eigenvalue weighted by molar-refractivity contribution is 6.12. The van der Waals surface area contributed by atoms with Crippen LogP contribution in [-0.2, 0) is 16.2 Å². The summed E-state index contributed by atoms with van der Waals surface area (Å²) in [6.45, 7) is 20.7. The van der Waals surface area contributed by atoms with Gasteiger partial charge in [-0.05, 0) is 90.7 Å². The van der Waals surface area contributed by atoms with Gasteiger partial charge in [0, 0.05) is 33.2 Å². The zero-order chi connectivity index (χ0) is 42.0. The van der Waals surface area contributed by atoms with Gasteiger partial charge < -0.3 is 9.32 Å². The molecule has 0 unspecified atom stereocenters. The molecule has 0 saturated carbocycles. The minimum atomic E-state index is -0.000838. The van der Waals surface area contributed by atoms with Crippen molar-refractivity contribution in [3.8, 4) is 33.4 Å². The number of benzene rings is 8. The van der Waals surface area contributed by atoms with E-state index in [1.165, 1.54) is 44.2 Å². The molecule has 0 bridgehead atoms. The zero-order valence-corrected chi connectivity index (χ0v) is 36.5. The molecule has 1 heterocycles. The Bertz CT molecular complexity index is 2990. The molecule has 9 rings (SSSR count). The molecule has 0 aliphatic heterocycles. The Morgan fingerprint density at radius 3 is 1.48 bits per heavy atom. The Hall–Kier alpha value is -6.38. The molecule has 0 aliphatic carbocycles. The van der Waals surface area contributed by atoms with Crippen LogP contribution in [0.4, 0.5) is 17.1 Å². The minimum absolute atomic E-state index is 0.000838. The van der Waals surface area contributed by atoms with Crippen LogP contribution in [0.15, 0.2) is 174 Å². The maximum Gasteiger partial charge on any atom is 0.143 e. The Morgan fingerprint density at radius 2 is 0.867 bits per heavy atom. The van der Waals surface area contributed by atoms with Gasteiger partial charge in [0.05, 0.1) is 11.4 Å². The van der Waals surface area contributed by atoms with E-state index >= 15 is 0 Å². The van der Waals surface area contributed by atoms with Gasteiger partial charge in [-0.3, -0.25) is 0 Å². The van der Waals surface area contributed by atoms with Crippen LogP contribution in [-0.4, -0.2) is 0 Å². The second-order valence-corrected chi connectivity index (χ2v) is 19.5. The van der Waals surface area contributed by atoms with E-state index in [-0.39, 0.29) is 16.2 Å². The van der Waals surface area contributed by atoms with Crippen LogP contribution in [0.25, 0.3) is 66.1 Å². The molecule has 2 heteroatoms. The Morgan fingerprint density at radius 1 is 0.383 bits per heavy atom. The van der Waals surface area contributed by atoms with E-state index in [9.17, 15) is 0 Å². The molecule has 0 amide bonds. The maximum absolute atomic E-state index is 6.67. The second kappa shape index (κ2) is 14.7. The molecule has 0 saturated heterocycles. The van der Waals surface area contributed by atoms with Crippen molar-refractivity contribution >= 4 is 49.8 Å². The van der Waals surface area contributed by atoms with Crippen molar-refractivity contribution < 1.29 is 4.42 Å². The predicted octanol–water partition coefficient (Wildman–Crippen LogP) is 17.1. The average molecular weight is 782 g/mol. The van der Waals surface area contributed by atoms with E-state index in [0.717, 1.165) is 55.7 Å². The topological polar surface area (TPSA) is 16.4 Å². The van der Waals surface area contributed by atoms with Crippen LogP contribution in [0.5, 0.6) is 0 Å². The molecule has 298 valence electrons. The first-order chi connectivity index (χ1) is 28.7. The highest BCUT2D eigenvalue weighted by Crippen LogP contribution is 2.49. The second-order valence-electron chi connectivity index (χ2n) is 19.5. The summed E-state index contributed by atoms with van der Waals surface area (Å²) >= 11 is 0. The number of hydrogen-bond acceptors (Lipinski definition) is 2. The van der Waals surface area contributed by atoms with Crippen molar-refractivity contribution in [1.29, 1.82) is 0 Å². The Kier molecular flexibility index (Phi) is 9.59. The van der Waals surface area contributed by atoms with Crippen LogP contribution >= 0.6 is 0 Å². The summed E-state index contributed by atoms with van der Waals surface area (Å²) in [5.41, 5.74) is 16.1. The van der Waals surface area contributed by atoms with Crippen molar-refractivity contribution in [3.05, 3.63) is 187 Å². The Labute approximate surface area is 356 Å². The third-order valence-electron chi connectivity index (χ3n) is 12.1. The largest absolute Gasteiger partial charge is 0.455 e. The van der Waals surface area contributed by atoms with Crippen molar-refractivity contribution in [2.75, 3.05) is 4.90 Å². The lowest BCUT2D eigenvalue weighted by Gasteiger charge is -2.31. The van der Waals surface area contributed by atoms with E-state index in [4.69, 9.17) is 4.42 Å². The van der Waals surface area contributed by atoms with Crippen LogP contribution < -0.4 is 4.90 Å². The highest BCUT2D eigenvalue weighted by atomic mass is 16.3. The molecule has 9 aromatic rings. The van der Waals surface area contributed by atoms with Crippen LogP contribution in [0.3, 0.4) is 0 Å². The molecular formula is C58H55NO. The summed E-state index contributed by atoms with van der Waals surface area (Å²) in [5.74, 6) is 0. The number of anilines is 3. The van der Waals surface area contributed by atoms with Gasteiger partial charge in [0.2, 0.25) is 0 Å². The van der Waals surface area contributed by atoms with Crippen molar-refractivity contribution in [1.82, 2.24) is 0 Å². The number of rotatable bonds is 6. The molecule has 0 aliphatic rings. The molecule has 2 nitrogen and oxygen atoms in total. The average Bonchev–Trinajstić information content (AvgIpc) is 3.62. The van der Waals surface area contributed by atoms with E-state index in [1.54, 1.807) is 0 Å². The molecule has 8 aromatic carbocycles. The molecule has 0 atom stereocenters. The molecule has 1 aromatic heterocycles. The van der Waals surface area contributed by atoms with Crippen LogP contribution in [0, 0.1) is 0 Å². The normalized spacial score (nSPS) is 12.4. The van der Waals surface area contributed by atoms with Crippen molar-refractivity contribution in [2.45, 2.75) is 78.6 Å². The summed E-state index contributed by atoms with van der Waals surface area (Å²) in [4.78, 5) is 2.46. The smallest absolute Gasteiger partial charge is 0.143 e. The zero-order valence-electron chi connectivity index (χ0n) is 36.5. The fourth-order valence-electron chi connectivity index (χ4n) is 8.73. The molecule has 0 N–H and O–H groups in total. The molecule has 0 spiro atoms. The van der Waals surface area contributed by atoms with Gasteiger partial charge in [0.1, 0.15) is 11.2 Å². The van der Waals surface area contributed by atoms with E-state index < -0.39 is 0 Å². The number of fused-ring (bicyclic) bond motifs is 4. The Balaban J connectivity index is 1.31. The molecule has 60 heavy (non-hydrogen) atoms. The summed E-state index contributed by atoms with van der Waals surface area (Å²) in [6, 6.07) is 62.6. The van der Waals surface area contributed by atoms with Crippen LogP contribution in [0.1, 0.15) is 79.0 Å². The lowest BCUT2D eigenvalue weighted by atomic mass is 9.78. The lowest BCUT2D eigenvalue weighted by molar-refractivity contribution is 0.569. The van der Waals surface area contributed by atoms with Gasteiger partial charge in [-0.15, -0.1) is 0 Å². The van der Waals surface area contributed by atoms with Crippen molar-refractivity contribution in [3.63, 3.8) is 0 Å². The maximum atomic E-state index is 6.67. The van der Waals surface area contributed by atoms with Crippen molar-refractivity contribution in [2.24, 2.45) is 0 Å². The van der Waals surface area contributed by atoms with Gasteiger partial charge in [-0.2, -0.15) is 0 Å². The first kappa shape index (κ1) is 39.1. The summed E-state index contributed by atoms with van der Waals surface area (Å²) < 4.78 is 6.67. The standard InChI is InChI=1S/C58H55NO/c1-56(2,3)40-31-33-43(34-32-40)59(52-29-14-11-22-46(52)49-26-18-27-50-47-23-12-15-30-53(47)60-55(49)50)51-28-13-10-21-45(51)48-25-17-20-38-19-16-24-44(54(38)48)39-35-41(57(4,5)6)37-42(36-39)58(7,8)9/h10-37H,1-9H3. The third-order valence-corrected chi connectivity index (χ3v) is 12.1. The highest BCUT2D eigenvalue weighted by Gasteiger charge is 2.26. The van der Waals surface area contributed by atoms with Gasteiger partial charge in [-0.25, -0.2) is 0 Å². The molecular weight excluding hydrogens is 727 g/mol. The quantitative estimate of drug-likeness (QED) is 0.167. The summed E-state index contributed by atoms with van der Waals surface area (Å²) in [5, 5.41) is 4.71. The SMILES string of the molecule is CC(C)(C)c1ccc(N(c2ccccc2-c2cccc3c2oc2ccccc23)c2ccccc2-c2cccc3cccc(-c4cc(C(C)(C)C)cc(C(C)(C)C)c4)c23)cc1. The fraction of sp³-hybridized carbons (Fsp3) is 0.207. The lowest BCUT2D eigenvalue weighted by Crippen LogP contribution is -2.16. The number of furan rings is 1. The first-order valence-electron chi connectivity index (χ1n) is 21.3. The fourth-order valence-corrected chi connectivity index (χ4v) is 8.73. The van der Waals surface area contributed by atoms with Crippen LogP contribution in [0.2, 0.25) is 0 Å². The van der Waals surface area contributed by atoms with Gasteiger partial charge in [0.15, 0.2) is 0 Å². The van der Waals surface area contributed by atoms with Gasteiger partial charge in [0.25, 0.3) is 0 Å². The predicted molar refractivity (Wildman–Crippen MR) is 258 cm³/mol. The first-order valence-corrected chi connectivity index (χ1v) is 21.3. The van der Waals surface area contributed by atoms with Gasteiger partial charge >= 0.3 is 0 Å². The van der Waals surface area contributed by atoms with E-state index in [2.05, 4.69) is 231 Å². The van der Waals surface area contributed by atoms with Gasteiger partial charge in [-0.1, -0.05) is 202 Å². The monoisotopic (exact) mass is 781 g/mol. The third kappa shape index (κ3) is 7.09. The minimum Gasteiger partial charge on any atom is -0.455 e. The van der Waals surface area contributed by atoms with E-state index in [1.807, 2.05) is 6.07 Å². The molecule has 0 fully saturated rings.